The number of rotatable bonds is 1. The Kier molecular flexibility index (Phi) is 2.25. The van der Waals surface area contributed by atoms with Crippen molar-refractivity contribution in [2.75, 3.05) is 16.8 Å². The minimum Gasteiger partial charge on any atom is -0.435 e. The number of aryl methyl sites for hydroxylation is 1. The molecule has 0 N–H and O–H groups in total. The summed E-state index contributed by atoms with van der Waals surface area (Å²) in [5, 5.41) is 1.84. The Morgan fingerprint density at radius 3 is 2.72 bits per heavy atom. The van der Waals surface area contributed by atoms with Gasteiger partial charge in [0.15, 0.2) is 17.2 Å². The van der Waals surface area contributed by atoms with Gasteiger partial charge in [0.25, 0.3) is 0 Å². The summed E-state index contributed by atoms with van der Waals surface area (Å²) in [6.07, 6.45) is 4.24. The van der Waals surface area contributed by atoms with Crippen LogP contribution in [0.3, 0.4) is 0 Å². The third-order valence-corrected chi connectivity index (χ3v) is 4.70. The molecule has 0 unspecified atom stereocenters. The quantitative estimate of drug-likeness (QED) is 0.524. The van der Waals surface area contributed by atoms with E-state index in [-0.39, 0.29) is 0 Å². The zero-order valence-corrected chi connectivity index (χ0v) is 13.8. The van der Waals surface area contributed by atoms with E-state index >= 15 is 0 Å². The number of pyridine rings is 1. The summed E-state index contributed by atoms with van der Waals surface area (Å²) in [4.78, 5) is 16.3. The predicted molar refractivity (Wildman–Crippen MR) is 98.3 cm³/mol. The molecule has 3 aromatic heterocycles. The fourth-order valence-corrected chi connectivity index (χ4v) is 3.48. The van der Waals surface area contributed by atoms with Crippen molar-refractivity contribution in [2.45, 2.75) is 20.0 Å². The Morgan fingerprint density at radius 2 is 1.88 bits per heavy atom. The maximum Gasteiger partial charge on any atom is 0.227 e. The molecule has 1 aliphatic rings. The van der Waals surface area contributed by atoms with Crippen LogP contribution in [0.15, 0.2) is 47.3 Å². The van der Waals surface area contributed by atoms with Crippen molar-refractivity contribution in [1.29, 1.82) is 0 Å². The summed E-state index contributed by atoms with van der Waals surface area (Å²) < 4.78 is 30.0. The third kappa shape index (κ3) is 1.82. The molecule has 0 spiro atoms. The van der Waals surface area contributed by atoms with Gasteiger partial charge in [0.2, 0.25) is 5.71 Å². The number of furan rings is 1. The molecule has 5 rings (SSSR count). The van der Waals surface area contributed by atoms with E-state index in [2.05, 4.69) is 15.0 Å². The summed E-state index contributed by atoms with van der Waals surface area (Å²) in [5.41, 5.74) is 2.92. The fourth-order valence-electron chi connectivity index (χ4n) is 3.48. The molecule has 0 radical (unpaired) electrons. The van der Waals surface area contributed by atoms with Gasteiger partial charge >= 0.3 is 0 Å². The molecular formula is C19H17N5O. The first kappa shape index (κ1) is 11.4. The lowest BCUT2D eigenvalue weighted by molar-refractivity contribution is 0.647. The van der Waals surface area contributed by atoms with Crippen molar-refractivity contribution in [3.63, 3.8) is 0 Å². The number of anilines is 3. The number of aromatic nitrogens is 3. The van der Waals surface area contributed by atoms with E-state index in [1.54, 1.807) is 12.4 Å². The summed E-state index contributed by atoms with van der Waals surface area (Å²) in [5.74, 6) is 0.829. The maximum atomic E-state index is 7.98. The molecule has 4 aromatic rings. The molecule has 0 saturated heterocycles. The van der Waals surface area contributed by atoms with Gasteiger partial charge in [-0.15, -0.1) is 0 Å². The average Bonchev–Trinajstić information content (AvgIpc) is 3.16. The van der Waals surface area contributed by atoms with Crippen LogP contribution in [-0.2, 0) is 0 Å². The molecule has 1 aliphatic heterocycles. The van der Waals surface area contributed by atoms with E-state index in [1.807, 2.05) is 43.0 Å². The van der Waals surface area contributed by atoms with Crippen LogP contribution >= 0.6 is 0 Å². The molecule has 0 amide bonds. The topological polar surface area (TPSA) is 58.3 Å². The first-order chi connectivity index (χ1) is 13.4. The van der Waals surface area contributed by atoms with Gasteiger partial charge in [0.05, 0.1) is 5.69 Å². The van der Waals surface area contributed by atoms with Crippen molar-refractivity contribution in [3.8, 4) is 0 Å². The minimum absolute atomic E-state index is 0.334. The fraction of sp³-hybridized carbons (Fsp3) is 0.211. The van der Waals surface area contributed by atoms with E-state index in [1.165, 1.54) is 11.1 Å². The summed E-state index contributed by atoms with van der Waals surface area (Å²) in [6, 6.07) is 7.83. The number of hydrogen-bond acceptors (Lipinski definition) is 6. The molecule has 0 saturated carbocycles. The monoisotopic (exact) mass is 334 g/mol. The second-order valence-corrected chi connectivity index (χ2v) is 6.14. The molecule has 124 valence electrons. The third-order valence-electron chi connectivity index (χ3n) is 4.70. The van der Waals surface area contributed by atoms with E-state index < -0.39 is 13.1 Å². The van der Waals surface area contributed by atoms with Gasteiger partial charge in [-0.2, -0.15) is 0 Å². The van der Waals surface area contributed by atoms with Crippen molar-refractivity contribution < 1.29 is 8.53 Å². The van der Waals surface area contributed by atoms with Gasteiger partial charge in [-0.1, -0.05) is 12.1 Å². The summed E-state index contributed by atoms with van der Waals surface area (Å²) in [7, 11) is 0. The number of fused-ring (bicyclic) bond motifs is 4. The van der Waals surface area contributed by atoms with Crippen molar-refractivity contribution in [3.05, 3.63) is 48.4 Å². The Balaban J connectivity index is 1.82. The van der Waals surface area contributed by atoms with Crippen molar-refractivity contribution in [2.24, 2.45) is 0 Å². The standard InChI is InChI=1S/C19H17N5O/c1-11-6-7-13-14-5-4-8-22-19(14)25-16(13)15(11)24-12(2)23(3)17-18(24)21-10-9-20-17/h4-10,12H,1-3H3/t12-/m0/s1/i3D3. The highest BCUT2D eigenvalue weighted by atomic mass is 16.3. The Hall–Kier alpha value is -3.15. The first-order valence-electron chi connectivity index (χ1n) is 9.54. The molecule has 1 aromatic carbocycles. The van der Waals surface area contributed by atoms with E-state index in [4.69, 9.17) is 8.53 Å². The zero-order valence-electron chi connectivity index (χ0n) is 16.8. The van der Waals surface area contributed by atoms with E-state index in [9.17, 15) is 0 Å². The highest BCUT2D eigenvalue weighted by Crippen LogP contribution is 2.45. The van der Waals surface area contributed by atoms with Crippen LogP contribution in [0.2, 0.25) is 0 Å². The molecule has 1 atom stereocenters. The summed E-state index contributed by atoms with van der Waals surface area (Å²) in [6.45, 7) is 1.45. The smallest absolute Gasteiger partial charge is 0.227 e. The zero-order chi connectivity index (χ0) is 19.6. The highest BCUT2D eigenvalue weighted by Gasteiger charge is 2.36. The average molecular weight is 334 g/mol. The first-order valence-corrected chi connectivity index (χ1v) is 8.04. The number of hydrogen-bond donors (Lipinski definition) is 0. The lowest BCUT2D eigenvalue weighted by Crippen LogP contribution is -2.36. The van der Waals surface area contributed by atoms with Gasteiger partial charge in [0.1, 0.15) is 6.17 Å². The largest absolute Gasteiger partial charge is 0.435 e. The number of benzene rings is 1. The second-order valence-electron chi connectivity index (χ2n) is 6.14. The molecule has 4 heterocycles. The molecular weight excluding hydrogens is 314 g/mol. The predicted octanol–water partition coefficient (Wildman–Crippen LogP) is 4.01. The van der Waals surface area contributed by atoms with Crippen LogP contribution in [-0.4, -0.2) is 28.1 Å². The highest BCUT2D eigenvalue weighted by molar-refractivity contribution is 6.09. The van der Waals surface area contributed by atoms with Crippen LogP contribution in [0.5, 0.6) is 0 Å². The van der Waals surface area contributed by atoms with Crippen LogP contribution < -0.4 is 9.80 Å². The molecule has 0 fully saturated rings. The van der Waals surface area contributed by atoms with Crippen LogP contribution in [0, 0.1) is 6.92 Å². The lowest BCUT2D eigenvalue weighted by Gasteiger charge is -2.27. The SMILES string of the molecule is [2H]C([2H])([2H])N1c2nccnc2N(c2c(C)ccc3c2oc2ncccc23)[C@H]1C. The van der Waals surface area contributed by atoms with E-state index in [0.717, 1.165) is 22.0 Å². The minimum atomic E-state index is -2.35. The summed E-state index contributed by atoms with van der Waals surface area (Å²) >= 11 is 0. The van der Waals surface area contributed by atoms with Crippen LogP contribution in [0.25, 0.3) is 22.1 Å². The van der Waals surface area contributed by atoms with Crippen molar-refractivity contribution >= 4 is 39.4 Å². The molecule has 25 heavy (non-hydrogen) atoms. The molecule has 6 nitrogen and oxygen atoms in total. The lowest BCUT2D eigenvalue weighted by atomic mass is 10.1. The Morgan fingerprint density at radius 1 is 1.04 bits per heavy atom. The van der Waals surface area contributed by atoms with Gasteiger partial charge in [-0.25, -0.2) is 15.0 Å². The van der Waals surface area contributed by atoms with E-state index in [0.29, 0.717) is 22.9 Å². The van der Waals surface area contributed by atoms with Gasteiger partial charge in [-0.3, -0.25) is 4.90 Å². The second kappa shape index (κ2) is 4.92. The molecule has 6 heteroatoms. The number of nitrogens with zero attached hydrogens (tertiary/aromatic N) is 5. The van der Waals surface area contributed by atoms with Crippen molar-refractivity contribution in [1.82, 2.24) is 15.0 Å². The van der Waals surface area contributed by atoms with Gasteiger partial charge < -0.3 is 9.32 Å². The molecule has 0 bridgehead atoms. The molecule has 0 aliphatic carbocycles. The normalized spacial score (nSPS) is 19.1. The van der Waals surface area contributed by atoms with Gasteiger partial charge in [0, 0.05) is 40.5 Å². The van der Waals surface area contributed by atoms with Gasteiger partial charge in [-0.05, 0) is 31.5 Å². The Labute approximate surface area is 148 Å². The van der Waals surface area contributed by atoms with Crippen LogP contribution in [0.4, 0.5) is 17.3 Å². The van der Waals surface area contributed by atoms with Crippen LogP contribution in [0.1, 0.15) is 16.6 Å². The maximum absolute atomic E-state index is 7.98. The Bertz CT molecular complexity index is 1220.